The number of hydrogen-bond acceptors (Lipinski definition) is 5. The van der Waals surface area contributed by atoms with E-state index in [9.17, 15) is 14.4 Å². The van der Waals surface area contributed by atoms with Crippen LogP contribution in [0.3, 0.4) is 0 Å². The van der Waals surface area contributed by atoms with Gasteiger partial charge in [0.2, 0.25) is 5.91 Å². The average Bonchev–Trinajstić information content (AvgIpc) is 2.67. The van der Waals surface area contributed by atoms with Crippen LogP contribution in [0.1, 0.15) is 22.8 Å². The molecule has 0 aromatic heterocycles. The fourth-order valence-electron chi connectivity index (χ4n) is 2.88. The Morgan fingerprint density at radius 2 is 1.96 bits per heavy atom. The Labute approximate surface area is 156 Å². The third-order valence-electron chi connectivity index (χ3n) is 4.14. The summed E-state index contributed by atoms with van der Waals surface area (Å²) >= 11 is 0. The van der Waals surface area contributed by atoms with E-state index in [-0.39, 0.29) is 12.5 Å². The molecule has 140 valence electrons. The van der Waals surface area contributed by atoms with Crippen LogP contribution >= 0.6 is 0 Å². The second kappa shape index (κ2) is 8.01. The monoisotopic (exact) mass is 368 g/mol. The van der Waals surface area contributed by atoms with Crippen LogP contribution in [-0.2, 0) is 25.7 Å². The first-order valence-electron chi connectivity index (χ1n) is 8.48. The SMILES string of the molecule is COCc1cccc(C(=O)O[C@@H](C)C(=O)N2CC(=O)Nc3ccccc32)c1. The number of hydrogen-bond donors (Lipinski definition) is 1. The number of benzene rings is 2. The van der Waals surface area contributed by atoms with E-state index in [1.54, 1.807) is 49.6 Å². The number of methoxy groups -OCH3 is 1. The Balaban J connectivity index is 1.73. The zero-order valence-electron chi connectivity index (χ0n) is 15.1. The zero-order chi connectivity index (χ0) is 19.4. The van der Waals surface area contributed by atoms with E-state index in [0.29, 0.717) is 23.5 Å². The fourth-order valence-corrected chi connectivity index (χ4v) is 2.88. The molecule has 0 fully saturated rings. The fraction of sp³-hybridized carbons (Fsp3) is 0.250. The Kier molecular flexibility index (Phi) is 5.52. The van der Waals surface area contributed by atoms with Gasteiger partial charge in [0.15, 0.2) is 6.10 Å². The van der Waals surface area contributed by atoms with Gasteiger partial charge < -0.3 is 14.8 Å². The second-order valence-electron chi connectivity index (χ2n) is 6.17. The predicted octanol–water partition coefficient (Wildman–Crippen LogP) is 2.36. The zero-order valence-corrected chi connectivity index (χ0v) is 15.1. The van der Waals surface area contributed by atoms with Crippen LogP contribution in [0.5, 0.6) is 0 Å². The number of nitrogens with zero attached hydrogens (tertiary/aromatic N) is 1. The van der Waals surface area contributed by atoms with Crippen molar-refractivity contribution in [2.75, 3.05) is 23.9 Å². The molecule has 0 aliphatic carbocycles. The second-order valence-corrected chi connectivity index (χ2v) is 6.17. The first kappa shape index (κ1) is 18.6. The van der Waals surface area contributed by atoms with E-state index in [2.05, 4.69) is 5.32 Å². The molecule has 2 aromatic rings. The maximum atomic E-state index is 12.8. The molecule has 27 heavy (non-hydrogen) atoms. The van der Waals surface area contributed by atoms with Crippen molar-refractivity contribution in [1.82, 2.24) is 0 Å². The van der Waals surface area contributed by atoms with Gasteiger partial charge in [-0.2, -0.15) is 0 Å². The van der Waals surface area contributed by atoms with Crippen molar-refractivity contribution in [2.24, 2.45) is 0 Å². The smallest absolute Gasteiger partial charge is 0.338 e. The van der Waals surface area contributed by atoms with Gasteiger partial charge >= 0.3 is 5.97 Å². The number of fused-ring (bicyclic) bond motifs is 1. The van der Waals surface area contributed by atoms with E-state index in [4.69, 9.17) is 9.47 Å². The lowest BCUT2D eigenvalue weighted by molar-refractivity contribution is -0.128. The van der Waals surface area contributed by atoms with Crippen LogP contribution in [0.4, 0.5) is 11.4 Å². The Morgan fingerprint density at radius 1 is 1.19 bits per heavy atom. The molecular weight excluding hydrogens is 348 g/mol. The molecular formula is C20H20N2O5. The van der Waals surface area contributed by atoms with E-state index >= 15 is 0 Å². The summed E-state index contributed by atoms with van der Waals surface area (Å²) in [5, 5.41) is 2.72. The van der Waals surface area contributed by atoms with Gasteiger partial charge in [-0.1, -0.05) is 24.3 Å². The summed E-state index contributed by atoms with van der Waals surface area (Å²) < 4.78 is 10.4. The molecule has 2 aromatic carbocycles. The van der Waals surface area contributed by atoms with E-state index in [1.807, 2.05) is 6.07 Å². The summed E-state index contributed by atoms with van der Waals surface area (Å²) in [6.45, 7) is 1.74. The maximum Gasteiger partial charge on any atom is 0.338 e. The van der Waals surface area contributed by atoms with Crippen LogP contribution in [0, 0.1) is 0 Å². The molecule has 1 atom stereocenters. The number of esters is 1. The number of carbonyl (C=O) groups is 3. The molecule has 0 saturated carbocycles. The number of ether oxygens (including phenoxy) is 2. The lowest BCUT2D eigenvalue weighted by atomic mass is 10.1. The van der Waals surface area contributed by atoms with Crippen molar-refractivity contribution < 1.29 is 23.9 Å². The molecule has 3 rings (SSSR count). The highest BCUT2D eigenvalue weighted by molar-refractivity contribution is 6.11. The first-order valence-corrected chi connectivity index (χ1v) is 8.48. The largest absolute Gasteiger partial charge is 0.449 e. The Morgan fingerprint density at radius 3 is 2.74 bits per heavy atom. The van der Waals surface area contributed by atoms with Gasteiger partial charge in [-0.05, 0) is 36.8 Å². The van der Waals surface area contributed by atoms with Crippen LogP contribution in [0.2, 0.25) is 0 Å². The molecule has 1 aliphatic heterocycles. The summed E-state index contributed by atoms with van der Waals surface area (Å²) in [6, 6.07) is 13.8. The van der Waals surface area contributed by atoms with Gasteiger partial charge in [-0.15, -0.1) is 0 Å². The Bertz CT molecular complexity index is 880. The van der Waals surface area contributed by atoms with Crippen molar-refractivity contribution in [3.63, 3.8) is 0 Å². The third kappa shape index (κ3) is 4.15. The van der Waals surface area contributed by atoms with Gasteiger partial charge in [0.05, 0.1) is 23.5 Å². The van der Waals surface area contributed by atoms with Gasteiger partial charge in [-0.3, -0.25) is 14.5 Å². The number of amides is 2. The number of carbonyl (C=O) groups excluding carboxylic acids is 3. The highest BCUT2D eigenvalue weighted by Crippen LogP contribution is 2.29. The first-order chi connectivity index (χ1) is 13.0. The van der Waals surface area contributed by atoms with Crippen molar-refractivity contribution in [1.29, 1.82) is 0 Å². The maximum absolute atomic E-state index is 12.8. The summed E-state index contributed by atoms with van der Waals surface area (Å²) in [4.78, 5) is 38.4. The number of para-hydroxylation sites is 2. The molecule has 1 heterocycles. The number of anilines is 2. The molecule has 0 unspecified atom stereocenters. The molecule has 7 heteroatoms. The van der Waals surface area contributed by atoms with Crippen LogP contribution < -0.4 is 10.2 Å². The predicted molar refractivity (Wildman–Crippen MR) is 99.5 cm³/mol. The standard InChI is InChI=1S/C20H20N2O5/c1-13(27-20(25)15-7-5-6-14(10-15)12-26-2)19(24)22-11-18(23)21-16-8-3-4-9-17(16)22/h3-10,13H,11-12H2,1-2H3,(H,21,23)/t13-/m0/s1. The highest BCUT2D eigenvalue weighted by Gasteiger charge is 2.31. The summed E-state index contributed by atoms with van der Waals surface area (Å²) in [6.07, 6.45) is -1.04. The number of nitrogens with one attached hydrogen (secondary N) is 1. The molecule has 2 amide bonds. The molecule has 1 N–H and O–H groups in total. The van der Waals surface area contributed by atoms with Crippen molar-refractivity contribution in [3.05, 3.63) is 59.7 Å². The van der Waals surface area contributed by atoms with E-state index < -0.39 is 18.0 Å². The molecule has 0 radical (unpaired) electrons. The van der Waals surface area contributed by atoms with Crippen LogP contribution in [0.15, 0.2) is 48.5 Å². The number of rotatable bonds is 5. The minimum atomic E-state index is -1.04. The van der Waals surface area contributed by atoms with Crippen LogP contribution in [0.25, 0.3) is 0 Å². The topological polar surface area (TPSA) is 84.9 Å². The highest BCUT2D eigenvalue weighted by atomic mass is 16.5. The summed E-state index contributed by atoms with van der Waals surface area (Å²) in [7, 11) is 1.57. The van der Waals surface area contributed by atoms with Crippen molar-refractivity contribution >= 4 is 29.2 Å². The lowest BCUT2D eigenvalue weighted by Crippen LogP contribution is -2.47. The van der Waals surface area contributed by atoms with Gasteiger partial charge in [0, 0.05) is 7.11 Å². The molecule has 0 saturated heterocycles. The van der Waals surface area contributed by atoms with Gasteiger partial charge in [0.1, 0.15) is 6.54 Å². The summed E-state index contributed by atoms with van der Waals surface area (Å²) in [5.41, 5.74) is 2.29. The quantitative estimate of drug-likeness (QED) is 0.819. The molecule has 1 aliphatic rings. The lowest BCUT2D eigenvalue weighted by Gasteiger charge is -2.30. The molecule has 0 bridgehead atoms. The summed E-state index contributed by atoms with van der Waals surface area (Å²) in [5.74, 6) is -1.37. The van der Waals surface area contributed by atoms with Gasteiger partial charge in [0.25, 0.3) is 5.91 Å². The normalized spacial score (nSPS) is 14.1. The van der Waals surface area contributed by atoms with Crippen molar-refractivity contribution in [2.45, 2.75) is 19.6 Å². The van der Waals surface area contributed by atoms with E-state index in [0.717, 1.165) is 5.56 Å². The average molecular weight is 368 g/mol. The van der Waals surface area contributed by atoms with Gasteiger partial charge in [-0.25, -0.2) is 4.79 Å². The minimum Gasteiger partial charge on any atom is -0.449 e. The Hall–Kier alpha value is -3.19. The minimum absolute atomic E-state index is 0.124. The van der Waals surface area contributed by atoms with E-state index in [1.165, 1.54) is 11.8 Å². The molecule has 0 spiro atoms. The third-order valence-corrected chi connectivity index (χ3v) is 4.14. The molecule has 7 nitrogen and oxygen atoms in total. The van der Waals surface area contributed by atoms with Crippen molar-refractivity contribution in [3.8, 4) is 0 Å². The van der Waals surface area contributed by atoms with Crippen LogP contribution in [-0.4, -0.2) is 37.5 Å².